The van der Waals surface area contributed by atoms with Crippen molar-refractivity contribution in [3.05, 3.63) is 33.2 Å². The number of ether oxygens (including phenoxy) is 1. The van der Waals surface area contributed by atoms with Crippen molar-refractivity contribution >= 4 is 22.4 Å². The molecular weight excluding hydrogens is 364 g/mol. The van der Waals surface area contributed by atoms with Crippen molar-refractivity contribution in [1.82, 2.24) is 19.6 Å². The van der Waals surface area contributed by atoms with Crippen molar-refractivity contribution < 1.29 is 9.53 Å². The number of carbonyl (C=O) groups excluding carboxylic acids is 1. The second-order valence-electron chi connectivity index (χ2n) is 8.18. The van der Waals surface area contributed by atoms with Gasteiger partial charge in [-0.05, 0) is 59.5 Å². The smallest absolute Gasteiger partial charge is 0.407 e. The number of aromatic nitrogens is 2. The summed E-state index contributed by atoms with van der Waals surface area (Å²) in [4.78, 5) is 31.8. The lowest BCUT2D eigenvalue weighted by Gasteiger charge is -2.31. The maximum absolute atomic E-state index is 12.3. The van der Waals surface area contributed by atoms with Gasteiger partial charge in [0, 0.05) is 30.2 Å². The number of nitrogens with one attached hydrogen (secondary N) is 1. The number of likely N-dealkylation sites (tertiary alicyclic amines) is 1. The first-order valence-electron chi connectivity index (χ1n) is 9.37. The molecule has 1 amide bonds. The minimum absolute atomic E-state index is 0.00908. The zero-order valence-electron chi connectivity index (χ0n) is 16.4. The molecule has 2 aromatic rings. The quantitative estimate of drug-likeness (QED) is 0.866. The number of amides is 1. The normalized spacial score (nSPS) is 16.6. The highest BCUT2D eigenvalue weighted by Gasteiger charge is 2.22. The van der Waals surface area contributed by atoms with Crippen LogP contribution in [-0.2, 0) is 11.3 Å². The number of rotatable bonds is 4. The van der Waals surface area contributed by atoms with Crippen LogP contribution in [0.15, 0.2) is 16.2 Å². The topological polar surface area (TPSA) is 75.9 Å². The third kappa shape index (κ3) is 5.29. The molecule has 0 radical (unpaired) electrons. The van der Waals surface area contributed by atoms with E-state index >= 15 is 0 Å². The summed E-state index contributed by atoms with van der Waals surface area (Å²) in [5.74, 6) is 0.453. The molecule has 1 fully saturated rings. The van der Waals surface area contributed by atoms with Gasteiger partial charge in [0.25, 0.3) is 5.56 Å². The van der Waals surface area contributed by atoms with E-state index in [-0.39, 0.29) is 11.7 Å². The summed E-state index contributed by atoms with van der Waals surface area (Å²) in [5, 5.41) is 4.82. The van der Waals surface area contributed by atoms with Crippen LogP contribution in [0.2, 0.25) is 0 Å². The number of thiazole rings is 1. The first-order chi connectivity index (χ1) is 12.7. The molecule has 7 nitrogen and oxygen atoms in total. The molecule has 1 saturated heterocycles. The molecule has 2 aromatic heterocycles. The Bertz CT molecular complexity index is 860. The van der Waals surface area contributed by atoms with E-state index in [1.54, 1.807) is 10.5 Å². The number of piperidine rings is 1. The molecule has 27 heavy (non-hydrogen) atoms. The first kappa shape index (κ1) is 19.8. The predicted octanol–water partition coefficient (Wildman–Crippen LogP) is 2.80. The highest BCUT2D eigenvalue weighted by Crippen LogP contribution is 2.19. The number of alkyl carbamates (subject to hydrolysis) is 1. The van der Waals surface area contributed by atoms with E-state index in [1.165, 1.54) is 11.3 Å². The number of fused-ring (bicyclic) bond motifs is 1. The standard InChI is InChI=1S/C19H28N4O3S/c1-13-12-27-17-21-15(9-16(24)23(13)17)11-22-7-5-14(6-8-22)10-20-18(25)26-19(2,3)4/h9,12,14H,5-8,10-11H2,1-4H3,(H,20,25). The van der Waals surface area contributed by atoms with Crippen LogP contribution in [0.5, 0.6) is 0 Å². The third-order valence-corrected chi connectivity index (χ3v) is 5.60. The van der Waals surface area contributed by atoms with Crippen molar-refractivity contribution in [3.8, 4) is 0 Å². The van der Waals surface area contributed by atoms with Crippen LogP contribution in [0.4, 0.5) is 4.79 Å². The Morgan fingerprint density at radius 3 is 2.74 bits per heavy atom. The van der Waals surface area contributed by atoms with E-state index in [9.17, 15) is 9.59 Å². The van der Waals surface area contributed by atoms with Crippen molar-refractivity contribution in [2.24, 2.45) is 5.92 Å². The molecule has 1 aliphatic heterocycles. The molecule has 0 atom stereocenters. The van der Waals surface area contributed by atoms with Crippen molar-refractivity contribution in [2.75, 3.05) is 19.6 Å². The minimum atomic E-state index is -0.471. The number of nitrogens with zero attached hydrogens (tertiary/aromatic N) is 3. The summed E-state index contributed by atoms with van der Waals surface area (Å²) < 4.78 is 6.93. The molecule has 1 aliphatic rings. The fourth-order valence-corrected chi connectivity index (χ4v) is 4.19. The van der Waals surface area contributed by atoms with Crippen molar-refractivity contribution in [3.63, 3.8) is 0 Å². The Morgan fingerprint density at radius 1 is 1.37 bits per heavy atom. The number of hydrogen-bond donors (Lipinski definition) is 1. The Labute approximate surface area is 163 Å². The maximum atomic E-state index is 12.3. The van der Waals surface area contributed by atoms with E-state index in [4.69, 9.17) is 4.74 Å². The van der Waals surface area contributed by atoms with Crippen LogP contribution in [0, 0.1) is 12.8 Å². The Kier molecular flexibility index (Phi) is 5.86. The summed E-state index contributed by atoms with van der Waals surface area (Å²) in [5.41, 5.74) is 1.27. The first-order valence-corrected chi connectivity index (χ1v) is 10.3. The fourth-order valence-electron chi connectivity index (χ4n) is 3.30. The van der Waals surface area contributed by atoms with Gasteiger partial charge in [-0.2, -0.15) is 0 Å². The molecule has 0 unspecified atom stereocenters. The van der Waals surface area contributed by atoms with Gasteiger partial charge in [-0.25, -0.2) is 9.78 Å². The van der Waals surface area contributed by atoms with E-state index in [0.717, 1.165) is 42.3 Å². The van der Waals surface area contributed by atoms with Crippen molar-refractivity contribution in [1.29, 1.82) is 0 Å². The lowest BCUT2D eigenvalue weighted by molar-refractivity contribution is 0.0509. The molecule has 0 aliphatic carbocycles. The Morgan fingerprint density at radius 2 is 2.07 bits per heavy atom. The van der Waals surface area contributed by atoms with Crippen LogP contribution in [-0.4, -0.2) is 45.6 Å². The lowest BCUT2D eigenvalue weighted by atomic mass is 9.97. The van der Waals surface area contributed by atoms with Crippen LogP contribution in [0.3, 0.4) is 0 Å². The monoisotopic (exact) mass is 392 g/mol. The van der Waals surface area contributed by atoms with Gasteiger partial charge in [0.1, 0.15) is 5.60 Å². The van der Waals surface area contributed by atoms with E-state index in [2.05, 4.69) is 15.2 Å². The van der Waals surface area contributed by atoms with Gasteiger partial charge in [0.2, 0.25) is 0 Å². The van der Waals surface area contributed by atoms with Gasteiger partial charge in [-0.1, -0.05) is 0 Å². The molecule has 0 spiro atoms. The second kappa shape index (κ2) is 7.98. The van der Waals surface area contributed by atoms with Gasteiger partial charge < -0.3 is 10.1 Å². The molecule has 0 aromatic carbocycles. The van der Waals surface area contributed by atoms with Crippen LogP contribution >= 0.6 is 11.3 Å². The molecule has 0 bridgehead atoms. The Hall–Kier alpha value is -1.93. The van der Waals surface area contributed by atoms with Gasteiger partial charge >= 0.3 is 6.09 Å². The number of hydrogen-bond acceptors (Lipinski definition) is 6. The molecule has 8 heteroatoms. The van der Waals surface area contributed by atoms with Crippen molar-refractivity contribution in [2.45, 2.75) is 52.7 Å². The molecule has 3 heterocycles. The van der Waals surface area contributed by atoms with Crippen LogP contribution in [0.1, 0.15) is 45.0 Å². The summed E-state index contributed by atoms with van der Waals surface area (Å²) in [7, 11) is 0. The van der Waals surface area contributed by atoms with Gasteiger partial charge in [-0.3, -0.25) is 14.1 Å². The SMILES string of the molecule is Cc1csc2nc(CN3CCC(CNC(=O)OC(C)(C)C)CC3)cc(=O)n12. The average Bonchev–Trinajstić information content (AvgIpc) is 2.94. The average molecular weight is 393 g/mol. The summed E-state index contributed by atoms with van der Waals surface area (Å²) in [6.07, 6.45) is 1.67. The number of carbonyl (C=O) groups is 1. The zero-order valence-corrected chi connectivity index (χ0v) is 17.3. The zero-order chi connectivity index (χ0) is 19.6. The summed E-state index contributed by atoms with van der Waals surface area (Å²) in [6.45, 7) is 10.7. The summed E-state index contributed by atoms with van der Waals surface area (Å²) in [6, 6.07) is 1.64. The highest BCUT2D eigenvalue weighted by molar-refractivity contribution is 7.15. The van der Waals surface area contributed by atoms with E-state index in [0.29, 0.717) is 19.0 Å². The highest BCUT2D eigenvalue weighted by atomic mass is 32.1. The maximum Gasteiger partial charge on any atom is 0.407 e. The summed E-state index contributed by atoms with van der Waals surface area (Å²) >= 11 is 1.50. The van der Waals surface area contributed by atoms with Gasteiger partial charge in [0.15, 0.2) is 4.96 Å². The van der Waals surface area contributed by atoms with Crippen LogP contribution in [0.25, 0.3) is 4.96 Å². The molecule has 1 N–H and O–H groups in total. The molecular formula is C19H28N4O3S. The molecule has 148 valence electrons. The fraction of sp³-hybridized carbons (Fsp3) is 0.632. The van der Waals surface area contributed by atoms with Gasteiger partial charge in [0.05, 0.1) is 5.69 Å². The third-order valence-electron chi connectivity index (χ3n) is 4.66. The lowest BCUT2D eigenvalue weighted by Crippen LogP contribution is -2.40. The van der Waals surface area contributed by atoms with E-state index in [1.807, 2.05) is 33.1 Å². The number of aryl methyl sites for hydroxylation is 1. The molecule has 0 saturated carbocycles. The minimum Gasteiger partial charge on any atom is -0.444 e. The predicted molar refractivity (Wildman–Crippen MR) is 106 cm³/mol. The van der Waals surface area contributed by atoms with E-state index < -0.39 is 5.60 Å². The van der Waals surface area contributed by atoms with Gasteiger partial charge in [-0.15, -0.1) is 11.3 Å². The Balaban J connectivity index is 1.48. The largest absolute Gasteiger partial charge is 0.444 e. The van der Waals surface area contributed by atoms with Crippen LogP contribution < -0.4 is 10.9 Å². The second-order valence-corrected chi connectivity index (χ2v) is 9.02. The molecule has 3 rings (SSSR count).